The van der Waals surface area contributed by atoms with Gasteiger partial charge < -0.3 is 9.30 Å². The monoisotopic (exact) mass is 398 g/mol. The van der Waals surface area contributed by atoms with Crippen LogP contribution in [0.25, 0.3) is 22.6 Å². The summed E-state index contributed by atoms with van der Waals surface area (Å²) in [6, 6.07) is 5.76. The summed E-state index contributed by atoms with van der Waals surface area (Å²) in [6.07, 6.45) is 9.68. The van der Waals surface area contributed by atoms with Crippen LogP contribution in [0.1, 0.15) is 24.6 Å². The van der Waals surface area contributed by atoms with E-state index in [2.05, 4.69) is 26.4 Å². The van der Waals surface area contributed by atoms with Crippen molar-refractivity contribution in [1.82, 2.24) is 19.5 Å². The van der Waals surface area contributed by atoms with E-state index in [0.29, 0.717) is 6.04 Å². The lowest BCUT2D eigenvalue weighted by Gasteiger charge is -2.26. The fraction of sp³-hybridized carbons (Fsp3) is 0.350. The second kappa shape index (κ2) is 7.44. The van der Waals surface area contributed by atoms with E-state index in [1.807, 2.05) is 18.3 Å². The molecule has 0 saturated carbocycles. The SMILES string of the molecule is Cc1cnc(-c2cc(-c3cncc(S(C)(=O)=O)c3)ccn2)n1C1CCOCC1. The van der Waals surface area contributed by atoms with Gasteiger partial charge in [-0.05, 0) is 43.5 Å². The molecule has 1 fully saturated rings. The Balaban J connectivity index is 1.75. The predicted molar refractivity (Wildman–Crippen MR) is 106 cm³/mol. The fourth-order valence-electron chi connectivity index (χ4n) is 3.55. The van der Waals surface area contributed by atoms with E-state index in [1.54, 1.807) is 18.5 Å². The molecule has 28 heavy (non-hydrogen) atoms. The molecule has 4 heterocycles. The van der Waals surface area contributed by atoms with E-state index >= 15 is 0 Å². The molecule has 0 radical (unpaired) electrons. The molecule has 1 aliphatic heterocycles. The highest BCUT2D eigenvalue weighted by atomic mass is 32.2. The second-order valence-electron chi connectivity index (χ2n) is 7.05. The minimum absolute atomic E-state index is 0.197. The molecule has 146 valence electrons. The number of imidazole rings is 1. The van der Waals surface area contributed by atoms with E-state index < -0.39 is 9.84 Å². The highest BCUT2D eigenvalue weighted by Crippen LogP contribution is 2.30. The van der Waals surface area contributed by atoms with Crippen molar-refractivity contribution >= 4 is 9.84 Å². The Kier molecular flexibility index (Phi) is 4.99. The zero-order valence-corrected chi connectivity index (χ0v) is 16.7. The zero-order valence-electron chi connectivity index (χ0n) is 15.9. The summed E-state index contributed by atoms with van der Waals surface area (Å²) in [5.41, 5.74) is 3.42. The number of hydrogen-bond donors (Lipinski definition) is 0. The van der Waals surface area contributed by atoms with Gasteiger partial charge in [-0.1, -0.05) is 0 Å². The Morgan fingerprint density at radius 1 is 1.07 bits per heavy atom. The summed E-state index contributed by atoms with van der Waals surface area (Å²) in [7, 11) is -3.32. The Bertz CT molecular complexity index is 1100. The van der Waals surface area contributed by atoms with Crippen LogP contribution in [-0.2, 0) is 14.6 Å². The maximum atomic E-state index is 11.9. The van der Waals surface area contributed by atoms with Crippen LogP contribution in [0.4, 0.5) is 0 Å². The summed E-state index contributed by atoms with van der Waals surface area (Å²) in [6.45, 7) is 3.55. The normalized spacial score (nSPS) is 15.6. The molecule has 7 nitrogen and oxygen atoms in total. The smallest absolute Gasteiger partial charge is 0.177 e. The molecule has 0 aliphatic carbocycles. The third-order valence-corrected chi connectivity index (χ3v) is 6.08. The minimum Gasteiger partial charge on any atom is -0.381 e. The van der Waals surface area contributed by atoms with Crippen LogP contribution in [0.5, 0.6) is 0 Å². The first-order chi connectivity index (χ1) is 13.4. The van der Waals surface area contributed by atoms with E-state index in [0.717, 1.165) is 54.4 Å². The minimum atomic E-state index is -3.32. The number of aromatic nitrogens is 4. The average Bonchev–Trinajstić information content (AvgIpc) is 3.10. The summed E-state index contributed by atoms with van der Waals surface area (Å²) >= 11 is 0. The van der Waals surface area contributed by atoms with Gasteiger partial charge in [0.15, 0.2) is 15.7 Å². The van der Waals surface area contributed by atoms with E-state index in [1.165, 1.54) is 12.5 Å². The van der Waals surface area contributed by atoms with Gasteiger partial charge in [-0.25, -0.2) is 13.4 Å². The van der Waals surface area contributed by atoms with Gasteiger partial charge in [-0.2, -0.15) is 0 Å². The number of pyridine rings is 2. The Hall–Kier alpha value is -2.58. The summed E-state index contributed by atoms with van der Waals surface area (Å²) in [5.74, 6) is 0.818. The first-order valence-corrected chi connectivity index (χ1v) is 11.1. The lowest BCUT2D eigenvalue weighted by atomic mass is 10.1. The second-order valence-corrected chi connectivity index (χ2v) is 9.06. The van der Waals surface area contributed by atoms with Crippen molar-refractivity contribution < 1.29 is 13.2 Å². The highest BCUT2D eigenvalue weighted by Gasteiger charge is 2.22. The summed E-state index contributed by atoms with van der Waals surface area (Å²) in [4.78, 5) is 13.4. The lowest BCUT2D eigenvalue weighted by Crippen LogP contribution is -2.21. The largest absolute Gasteiger partial charge is 0.381 e. The van der Waals surface area contributed by atoms with Crippen molar-refractivity contribution in [3.8, 4) is 22.6 Å². The van der Waals surface area contributed by atoms with Crippen LogP contribution in [0.3, 0.4) is 0 Å². The highest BCUT2D eigenvalue weighted by molar-refractivity contribution is 7.90. The van der Waals surface area contributed by atoms with Gasteiger partial charge in [-0.15, -0.1) is 0 Å². The summed E-state index contributed by atoms with van der Waals surface area (Å²) < 4.78 is 31.4. The molecule has 1 saturated heterocycles. The quantitative estimate of drug-likeness (QED) is 0.671. The molecule has 0 atom stereocenters. The number of rotatable bonds is 4. The zero-order chi connectivity index (χ0) is 19.7. The molecule has 3 aromatic heterocycles. The Morgan fingerprint density at radius 3 is 2.61 bits per heavy atom. The number of aryl methyl sites for hydroxylation is 1. The molecule has 0 aromatic carbocycles. The van der Waals surface area contributed by atoms with Crippen LogP contribution in [-0.4, -0.2) is 47.4 Å². The third-order valence-electron chi connectivity index (χ3n) is 5.00. The first-order valence-electron chi connectivity index (χ1n) is 9.17. The maximum Gasteiger partial charge on any atom is 0.177 e. The first kappa shape index (κ1) is 18.8. The molecule has 0 spiro atoms. The Morgan fingerprint density at radius 2 is 1.86 bits per heavy atom. The van der Waals surface area contributed by atoms with Crippen molar-refractivity contribution in [2.24, 2.45) is 0 Å². The van der Waals surface area contributed by atoms with Gasteiger partial charge in [0.05, 0.1) is 4.90 Å². The van der Waals surface area contributed by atoms with Gasteiger partial charge in [0.1, 0.15) is 5.69 Å². The van der Waals surface area contributed by atoms with E-state index in [9.17, 15) is 8.42 Å². The fourth-order valence-corrected chi connectivity index (χ4v) is 4.15. The van der Waals surface area contributed by atoms with Gasteiger partial charge in [-0.3, -0.25) is 9.97 Å². The number of sulfone groups is 1. The molecule has 0 bridgehead atoms. The van der Waals surface area contributed by atoms with Crippen molar-refractivity contribution in [2.75, 3.05) is 19.5 Å². The molecule has 4 rings (SSSR count). The molecular weight excluding hydrogens is 376 g/mol. The predicted octanol–water partition coefficient (Wildman–Crippen LogP) is 3.07. The van der Waals surface area contributed by atoms with Crippen LogP contribution in [0.2, 0.25) is 0 Å². The van der Waals surface area contributed by atoms with Crippen molar-refractivity contribution in [2.45, 2.75) is 30.7 Å². The molecular formula is C20H22N4O3S. The molecule has 8 heteroatoms. The number of ether oxygens (including phenoxy) is 1. The van der Waals surface area contributed by atoms with Gasteiger partial charge in [0, 0.05) is 61.6 Å². The molecule has 0 unspecified atom stereocenters. The van der Waals surface area contributed by atoms with Crippen molar-refractivity contribution in [3.05, 3.63) is 48.7 Å². The van der Waals surface area contributed by atoms with Crippen LogP contribution >= 0.6 is 0 Å². The Labute approximate surface area is 164 Å². The third kappa shape index (κ3) is 3.70. The van der Waals surface area contributed by atoms with Gasteiger partial charge >= 0.3 is 0 Å². The topological polar surface area (TPSA) is 87.0 Å². The number of nitrogens with zero attached hydrogens (tertiary/aromatic N) is 4. The van der Waals surface area contributed by atoms with Crippen molar-refractivity contribution in [1.29, 1.82) is 0 Å². The van der Waals surface area contributed by atoms with Crippen molar-refractivity contribution in [3.63, 3.8) is 0 Å². The standard InChI is InChI=1S/C20H22N4O3S/c1-14-11-23-20(24(14)17-4-7-27-8-5-17)19-10-15(3-6-22-19)16-9-18(13-21-12-16)28(2,25)26/h3,6,9-13,17H,4-5,7-8H2,1-2H3. The molecule has 3 aromatic rings. The van der Waals surface area contributed by atoms with E-state index in [4.69, 9.17) is 4.74 Å². The molecule has 0 amide bonds. The average molecular weight is 398 g/mol. The van der Waals surface area contributed by atoms with Crippen LogP contribution < -0.4 is 0 Å². The van der Waals surface area contributed by atoms with Crippen LogP contribution in [0, 0.1) is 6.92 Å². The van der Waals surface area contributed by atoms with E-state index in [-0.39, 0.29) is 4.90 Å². The molecule has 0 N–H and O–H groups in total. The maximum absolute atomic E-state index is 11.9. The van der Waals surface area contributed by atoms with Gasteiger partial charge in [0.2, 0.25) is 0 Å². The summed E-state index contributed by atoms with van der Waals surface area (Å²) in [5, 5.41) is 0. The van der Waals surface area contributed by atoms with Gasteiger partial charge in [0.25, 0.3) is 0 Å². The number of hydrogen-bond acceptors (Lipinski definition) is 6. The molecule has 1 aliphatic rings. The lowest BCUT2D eigenvalue weighted by molar-refractivity contribution is 0.0695. The van der Waals surface area contributed by atoms with Crippen LogP contribution in [0.15, 0.2) is 47.9 Å².